The van der Waals surface area contributed by atoms with Gasteiger partial charge in [-0.1, -0.05) is 29.8 Å². The van der Waals surface area contributed by atoms with Crippen molar-refractivity contribution in [3.63, 3.8) is 0 Å². The highest BCUT2D eigenvalue weighted by molar-refractivity contribution is 5.94. The molecule has 24 heavy (non-hydrogen) atoms. The van der Waals surface area contributed by atoms with Crippen molar-refractivity contribution >= 4 is 11.8 Å². The molecule has 0 radical (unpaired) electrons. The molecule has 2 atom stereocenters. The molecule has 6 nitrogen and oxygen atoms in total. The molecule has 0 bridgehead atoms. The first kappa shape index (κ1) is 16.2. The Bertz CT molecular complexity index is 751. The van der Waals surface area contributed by atoms with Crippen molar-refractivity contribution in [3.05, 3.63) is 41.6 Å². The number of hydrogen-bond donors (Lipinski definition) is 2. The second-order valence-electron chi connectivity index (χ2n) is 6.52. The van der Waals surface area contributed by atoms with Gasteiger partial charge in [0.15, 0.2) is 0 Å². The Morgan fingerprint density at radius 3 is 2.62 bits per heavy atom. The maximum atomic E-state index is 12.8. The van der Waals surface area contributed by atoms with Crippen molar-refractivity contribution in [3.8, 4) is 11.3 Å². The maximum Gasteiger partial charge on any atom is 0.272 e. The zero-order valence-corrected chi connectivity index (χ0v) is 14.0. The molecule has 1 aliphatic heterocycles. The minimum absolute atomic E-state index is 0.0826. The summed E-state index contributed by atoms with van der Waals surface area (Å²) in [7, 11) is 0. The maximum absolute atomic E-state index is 12.8. The minimum Gasteiger partial charge on any atom is -0.369 e. The Balaban J connectivity index is 1.80. The smallest absolute Gasteiger partial charge is 0.272 e. The Hall–Kier alpha value is -2.63. The Morgan fingerprint density at radius 1 is 1.25 bits per heavy atom. The van der Waals surface area contributed by atoms with Gasteiger partial charge in [-0.15, -0.1) is 0 Å². The van der Waals surface area contributed by atoms with Gasteiger partial charge in [-0.05, 0) is 32.8 Å². The van der Waals surface area contributed by atoms with Crippen LogP contribution in [0.15, 0.2) is 30.3 Å². The van der Waals surface area contributed by atoms with Gasteiger partial charge < -0.3 is 10.6 Å². The number of aromatic amines is 1. The van der Waals surface area contributed by atoms with Crippen LogP contribution in [0.5, 0.6) is 0 Å². The summed E-state index contributed by atoms with van der Waals surface area (Å²) < 4.78 is 0. The minimum atomic E-state index is -0.343. The second kappa shape index (κ2) is 6.47. The van der Waals surface area contributed by atoms with E-state index in [0.717, 1.165) is 24.1 Å². The molecule has 0 spiro atoms. The van der Waals surface area contributed by atoms with E-state index in [1.54, 1.807) is 11.0 Å². The van der Waals surface area contributed by atoms with Gasteiger partial charge in [-0.2, -0.15) is 5.10 Å². The van der Waals surface area contributed by atoms with Crippen LogP contribution in [0.1, 0.15) is 35.8 Å². The molecule has 3 N–H and O–H groups in total. The van der Waals surface area contributed by atoms with Crippen molar-refractivity contribution in [1.29, 1.82) is 0 Å². The molecule has 2 aromatic rings. The van der Waals surface area contributed by atoms with E-state index < -0.39 is 0 Å². The van der Waals surface area contributed by atoms with E-state index in [-0.39, 0.29) is 23.8 Å². The number of rotatable bonds is 3. The average molecular weight is 326 g/mol. The van der Waals surface area contributed by atoms with Crippen LogP contribution in [0.2, 0.25) is 0 Å². The number of aryl methyl sites for hydroxylation is 1. The zero-order chi connectivity index (χ0) is 17.3. The normalized spacial score (nSPS) is 20.8. The van der Waals surface area contributed by atoms with Gasteiger partial charge in [0, 0.05) is 18.2 Å². The third kappa shape index (κ3) is 3.18. The molecular formula is C18H22N4O2. The number of benzene rings is 1. The molecule has 0 unspecified atom stereocenters. The van der Waals surface area contributed by atoms with Gasteiger partial charge in [0.05, 0.1) is 11.6 Å². The fourth-order valence-electron chi connectivity index (χ4n) is 3.08. The first-order chi connectivity index (χ1) is 11.5. The fraction of sp³-hybridized carbons (Fsp3) is 0.389. The molecule has 1 aromatic carbocycles. The first-order valence-corrected chi connectivity index (χ1v) is 8.18. The third-order valence-electron chi connectivity index (χ3n) is 4.70. The molecular weight excluding hydrogens is 304 g/mol. The second-order valence-corrected chi connectivity index (χ2v) is 6.52. The van der Waals surface area contributed by atoms with Gasteiger partial charge in [0.1, 0.15) is 5.69 Å². The molecule has 0 saturated carbocycles. The number of aromatic nitrogens is 2. The van der Waals surface area contributed by atoms with Crippen molar-refractivity contribution in [2.45, 2.75) is 32.7 Å². The predicted molar refractivity (Wildman–Crippen MR) is 91.2 cm³/mol. The molecule has 2 amide bonds. The molecule has 0 aliphatic carbocycles. The van der Waals surface area contributed by atoms with Crippen LogP contribution in [-0.4, -0.2) is 39.5 Å². The van der Waals surface area contributed by atoms with Crippen LogP contribution in [0.3, 0.4) is 0 Å². The average Bonchev–Trinajstić information content (AvgIpc) is 3.05. The number of likely N-dealkylation sites (tertiary alicyclic amines) is 1. The highest BCUT2D eigenvalue weighted by Gasteiger charge is 2.32. The number of nitrogens with one attached hydrogen (secondary N) is 1. The summed E-state index contributed by atoms with van der Waals surface area (Å²) in [6.07, 6.45) is 1.51. The number of carbonyl (C=O) groups is 2. The number of carbonyl (C=O) groups excluding carboxylic acids is 2. The van der Waals surface area contributed by atoms with E-state index in [1.807, 2.05) is 38.1 Å². The Labute approximate surface area is 141 Å². The lowest BCUT2D eigenvalue weighted by atomic mass is 9.92. The van der Waals surface area contributed by atoms with E-state index in [2.05, 4.69) is 10.2 Å². The van der Waals surface area contributed by atoms with Gasteiger partial charge in [0.2, 0.25) is 5.91 Å². The van der Waals surface area contributed by atoms with Crippen LogP contribution >= 0.6 is 0 Å². The van der Waals surface area contributed by atoms with Crippen LogP contribution in [-0.2, 0) is 4.79 Å². The molecule has 3 rings (SSSR count). The number of H-pyrrole nitrogens is 1. The van der Waals surface area contributed by atoms with Crippen molar-refractivity contribution in [2.24, 2.45) is 11.7 Å². The highest BCUT2D eigenvalue weighted by Crippen LogP contribution is 2.24. The lowest BCUT2D eigenvalue weighted by Gasteiger charge is -2.36. The molecule has 1 aromatic heterocycles. The molecule has 1 aliphatic rings. The van der Waals surface area contributed by atoms with Crippen molar-refractivity contribution in [2.75, 3.05) is 6.54 Å². The van der Waals surface area contributed by atoms with E-state index >= 15 is 0 Å². The first-order valence-electron chi connectivity index (χ1n) is 8.18. The summed E-state index contributed by atoms with van der Waals surface area (Å²) in [5.74, 6) is -0.756. The monoisotopic (exact) mass is 326 g/mol. The number of amides is 2. The fourth-order valence-corrected chi connectivity index (χ4v) is 3.08. The van der Waals surface area contributed by atoms with E-state index in [4.69, 9.17) is 5.73 Å². The third-order valence-corrected chi connectivity index (χ3v) is 4.70. The number of hydrogen-bond acceptors (Lipinski definition) is 3. The van der Waals surface area contributed by atoms with Gasteiger partial charge in [-0.25, -0.2) is 0 Å². The SMILES string of the molecule is Cc1ccc(-c2cc(C(=O)N3C[C@@H](C(N)=O)CC[C@H]3C)[nH]n2)cc1. The Kier molecular flexibility index (Phi) is 4.38. The summed E-state index contributed by atoms with van der Waals surface area (Å²) in [5.41, 5.74) is 8.70. The van der Waals surface area contributed by atoms with Crippen molar-refractivity contribution in [1.82, 2.24) is 15.1 Å². The van der Waals surface area contributed by atoms with Crippen LogP contribution in [0.25, 0.3) is 11.3 Å². The standard InChI is InChI=1S/C18H22N4O2/c1-11-3-6-13(7-4-11)15-9-16(21-20-15)18(24)22-10-14(17(19)23)8-5-12(22)2/h3-4,6-7,9,12,14H,5,8,10H2,1-2H3,(H2,19,23)(H,20,21)/t12-,14+/m1/s1. The quantitative estimate of drug-likeness (QED) is 0.905. The molecule has 6 heteroatoms. The lowest BCUT2D eigenvalue weighted by molar-refractivity contribution is -0.123. The van der Waals surface area contributed by atoms with Crippen LogP contribution in [0, 0.1) is 12.8 Å². The number of piperidine rings is 1. The zero-order valence-electron chi connectivity index (χ0n) is 14.0. The molecule has 1 fully saturated rings. The van der Waals surface area contributed by atoms with Crippen LogP contribution in [0.4, 0.5) is 0 Å². The predicted octanol–water partition coefficient (Wildman–Crippen LogP) is 2.11. The lowest BCUT2D eigenvalue weighted by Crippen LogP contribution is -2.48. The van der Waals surface area contributed by atoms with E-state index in [0.29, 0.717) is 12.2 Å². The topological polar surface area (TPSA) is 92.1 Å². The Morgan fingerprint density at radius 2 is 1.96 bits per heavy atom. The van der Waals surface area contributed by atoms with Crippen LogP contribution < -0.4 is 5.73 Å². The van der Waals surface area contributed by atoms with Gasteiger partial charge in [-0.3, -0.25) is 14.7 Å². The van der Waals surface area contributed by atoms with E-state index in [1.165, 1.54) is 5.56 Å². The molecule has 2 heterocycles. The van der Waals surface area contributed by atoms with E-state index in [9.17, 15) is 9.59 Å². The summed E-state index contributed by atoms with van der Waals surface area (Å²) in [4.78, 5) is 25.9. The highest BCUT2D eigenvalue weighted by atomic mass is 16.2. The van der Waals surface area contributed by atoms with Gasteiger partial charge in [0.25, 0.3) is 5.91 Å². The summed E-state index contributed by atoms with van der Waals surface area (Å²) in [5, 5.41) is 7.07. The molecule has 1 saturated heterocycles. The van der Waals surface area contributed by atoms with Crippen molar-refractivity contribution < 1.29 is 9.59 Å². The summed E-state index contributed by atoms with van der Waals surface area (Å²) >= 11 is 0. The van der Waals surface area contributed by atoms with Gasteiger partial charge >= 0.3 is 0 Å². The number of primary amides is 1. The largest absolute Gasteiger partial charge is 0.369 e. The summed E-state index contributed by atoms with van der Waals surface area (Å²) in [6, 6.07) is 9.82. The number of nitrogens with zero attached hydrogens (tertiary/aromatic N) is 2. The summed E-state index contributed by atoms with van der Waals surface area (Å²) in [6.45, 7) is 4.39. The molecule has 126 valence electrons. The number of nitrogens with two attached hydrogens (primary N) is 1.